The highest BCUT2D eigenvalue weighted by atomic mass is 35.5. The van der Waals surface area contributed by atoms with Crippen molar-refractivity contribution in [2.24, 2.45) is 0 Å². The van der Waals surface area contributed by atoms with Crippen LogP contribution >= 0.6 is 23.2 Å². The van der Waals surface area contributed by atoms with E-state index in [2.05, 4.69) is 5.32 Å². The number of nitrogens with one attached hydrogen (secondary N) is 1. The first kappa shape index (κ1) is 14.9. The van der Waals surface area contributed by atoms with Crippen LogP contribution in [0.15, 0.2) is 24.3 Å². The first-order chi connectivity index (χ1) is 9.40. The maximum Gasteiger partial charge on any atom is 0.185 e. The lowest BCUT2D eigenvalue weighted by Crippen LogP contribution is -2.07. The first-order valence-electron chi connectivity index (χ1n) is 5.41. The summed E-state index contributed by atoms with van der Waals surface area (Å²) in [4.78, 5) is 0. The van der Waals surface area contributed by atoms with Crippen LogP contribution in [0.4, 0.5) is 23.2 Å². The molecule has 0 unspecified atom stereocenters. The predicted octanol–water partition coefficient (Wildman–Crippen LogP) is 5.16. The summed E-state index contributed by atoms with van der Waals surface area (Å²) in [6.07, 6.45) is 0. The Balaban J connectivity index is 2.30. The molecule has 0 saturated heterocycles. The van der Waals surface area contributed by atoms with Gasteiger partial charge < -0.3 is 5.32 Å². The number of rotatable bonds is 3. The van der Waals surface area contributed by atoms with E-state index in [1.165, 1.54) is 18.2 Å². The van der Waals surface area contributed by atoms with E-state index in [0.29, 0.717) is 15.6 Å². The second kappa shape index (κ2) is 5.89. The summed E-state index contributed by atoms with van der Waals surface area (Å²) in [7, 11) is 0. The van der Waals surface area contributed by atoms with Crippen molar-refractivity contribution in [2.75, 3.05) is 5.32 Å². The molecule has 2 aromatic carbocycles. The van der Waals surface area contributed by atoms with E-state index in [1.807, 2.05) is 0 Å². The first-order valence-corrected chi connectivity index (χ1v) is 6.16. The molecule has 1 nitrogen and oxygen atoms in total. The molecule has 0 spiro atoms. The van der Waals surface area contributed by atoms with Gasteiger partial charge in [0.05, 0.1) is 0 Å². The number of halogens is 6. The second-order valence-electron chi connectivity index (χ2n) is 3.93. The molecule has 0 amide bonds. The SMILES string of the molecule is Fc1cc(F)c(F)c(NCc2cc(Cl)ccc2Cl)c1F. The highest BCUT2D eigenvalue weighted by Crippen LogP contribution is 2.26. The summed E-state index contributed by atoms with van der Waals surface area (Å²) in [5, 5.41) is 2.95. The minimum atomic E-state index is -1.50. The van der Waals surface area contributed by atoms with E-state index in [4.69, 9.17) is 23.2 Å². The molecule has 0 aliphatic rings. The summed E-state index contributed by atoms with van der Waals surface area (Å²) in [5.41, 5.74) is -0.457. The number of anilines is 1. The van der Waals surface area contributed by atoms with Crippen molar-refractivity contribution < 1.29 is 17.6 Å². The summed E-state index contributed by atoms with van der Waals surface area (Å²) < 4.78 is 52.9. The summed E-state index contributed by atoms with van der Waals surface area (Å²) in [6, 6.07) is 4.65. The third kappa shape index (κ3) is 2.99. The average Bonchev–Trinajstić information content (AvgIpc) is 2.40. The number of hydrogen-bond donors (Lipinski definition) is 1. The van der Waals surface area contributed by atoms with Crippen LogP contribution in [0.5, 0.6) is 0 Å². The van der Waals surface area contributed by atoms with Gasteiger partial charge in [0, 0.05) is 22.7 Å². The Hall–Kier alpha value is -1.46. The van der Waals surface area contributed by atoms with Crippen LogP contribution in [-0.2, 0) is 6.54 Å². The summed E-state index contributed by atoms with van der Waals surface area (Å²) in [5.74, 6) is -5.96. The van der Waals surface area contributed by atoms with E-state index in [-0.39, 0.29) is 12.6 Å². The third-order valence-electron chi connectivity index (χ3n) is 2.58. The van der Waals surface area contributed by atoms with Gasteiger partial charge in [-0.05, 0) is 23.8 Å². The Labute approximate surface area is 122 Å². The Kier molecular flexibility index (Phi) is 4.40. The van der Waals surface area contributed by atoms with Crippen LogP contribution in [0.3, 0.4) is 0 Å². The van der Waals surface area contributed by atoms with Crippen molar-refractivity contribution in [3.8, 4) is 0 Å². The quantitative estimate of drug-likeness (QED) is 0.607. The minimum Gasteiger partial charge on any atom is -0.376 e. The van der Waals surface area contributed by atoms with E-state index in [0.717, 1.165) is 0 Å². The topological polar surface area (TPSA) is 12.0 Å². The lowest BCUT2D eigenvalue weighted by atomic mass is 10.2. The zero-order valence-electron chi connectivity index (χ0n) is 9.78. The van der Waals surface area contributed by atoms with Gasteiger partial charge in [0.15, 0.2) is 23.3 Å². The zero-order valence-corrected chi connectivity index (χ0v) is 11.3. The Morgan fingerprint density at radius 3 is 2.10 bits per heavy atom. The van der Waals surface area contributed by atoms with Gasteiger partial charge >= 0.3 is 0 Å². The molecule has 0 heterocycles. The minimum absolute atomic E-state index is 0.141. The van der Waals surface area contributed by atoms with Gasteiger partial charge in [0.1, 0.15) is 5.69 Å². The molecule has 106 valence electrons. The standard InChI is InChI=1S/C13H7Cl2F4N/c14-7-1-2-8(15)6(3-7)5-20-13-11(18)9(16)4-10(17)12(13)19/h1-4,20H,5H2. The monoisotopic (exact) mass is 323 g/mol. The van der Waals surface area contributed by atoms with Crippen molar-refractivity contribution in [2.45, 2.75) is 6.54 Å². The van der Waals surface area contributed by atoms with Crippen LogP contribution in [0.25, 0.3) is 0 Å². The highest BCUT2D eigenvalue weighted by molar-refractivity contribution is 6.33. The fourth-order valence-corrected chi connectivity index (χ4v) is 1.97. The number of hydrogen-bond acceptors (Lipinski definition) is 1. The molecule has 0 aliphatic heterocycles. The lowest BCUT2D eigenvalue weighted by molar-refractivity contribution is 0.458. The van der Waals surface area contributed by atoms with E-state index >= 15 is 0 Å². The highest BCUT2D eigenvalue weighted by Gasteiger charge is 2.19. The van der Waals surface area contributed by atoms with Gasteiger partial charge in [-0.3, -0.25) is 0 Å². The molecular weight excluding hydrogens is 317 g/mol. The fraction of sp³-hybridized carbons (Fsp3) is 0.0769. The molecule has 0 saturated carbocycles. The lowest BCUT2D eigenvalue weighted by Gasteiger charge is -2.11. The molecular formula is C13H7Cl2F4N. The smallest absolute Gasteiger partial charge is 0.185 e. The van der Waals surface area contributed by atoms with Crippen LogP contribution in [0.2, 0.25) is 10.0 Å². The van der Waals surface area contributed by atoms with Crippen LogP contribution in [-0.4, -0.2) is 0 Å². The maximum atomic E-state index is 13.4. The predicted molar refractivity (Wildman–Crippen MR) is 70.1 cm³/mol. The van der Waals surface area contributed by atoms with Gasteiger partial charge in [-0.2, -0.15) is 0 Å². The molecule has 0 radical (unpaired) electrons. The van der Waals surface area contributed by atoms with Gasteiger partial charge in [0.25, 0.3) is 0 Å². The molecule has 0 aromatic heterocycles. The molecule has 0 bridgehead atoms. The van der Waals surface area contributed by atoms with E-state index in [9.17, 15) is 17.6 Å². The Bertz CT molecular complexity index is 635. The summed E-state index contributed by atoms with van der Waals surface area (Å²) >= 11 is 11.6. The molecule has 1 N–H and O–H groups in total. The van der Waals surface area contributed by atoms with Crippen LogP contribution < -0.4 is 5.32 Å². The van der Waals surface area contributed by atoms with E-state index < -0.39 is 29.0 Å². The molecule has 20 heavy (non-hydrogen) atoms. The average molecular weight is 324 g/mol. The molecule has 0 aliphatic carbocycles. The third-order valence-corrected chi connectivity index (χ3v) is 3.18. The van der Waals surface area contributed by atoms with Crippen LogP contribution in [0, 0.1) is 23.3 Å². The summed E-state index contributed by atoms with van der Waals surface area (Å²) in [6.45, 7) is -0.143. The molecule has 0 atom stereocenters. The normalized spacial score (nSPS) is 10.7. The van der Waals surface area contributed by atoms with E-state index in [1.54, 1.807) is 0 Å². The van der Waals surface area contributed by atoms with Crippen molar-refractivity contribution in [3.05, 3.63) is 63.1 Å². The molecule has 2 rings (SSSR count). The van der Waals surface area contributed by atoms with Crippen LogP contribution in [0.1, 0.15) is 5.56 Å². The van der Waals surface area contributed by atoms with Gasteiger partial charge in [-0.15, -0.1) is 0 Å². The van der Waals surface area contributed by atoms with Crippen molar-refractivity contribution >= 4 is 28.9 Å². The number of benzene rings is 2. The van der Waals surface area contributed by atoms with Gasteiger partial charge in [-0.25, -0.2) is 17.6 Å². The Morgan fingerprint density at radius 1 is 0.900 bits per heavy atom. The van der Waals surface area contributed by atoms with Gasteiger partial charge in [0.2, 0.25) is 0 Å². The molecule has 2 aromatic rings. The van der Waals surface area contributed by atoms with Crippen molar-refractivity contribution in [3.63, 3.8) is 0 Å². The molecule has 7 heteroatoms. The zero-order chi connectivity index (χ0) is 14.9. The molecule has 0 fully saturated rings. The fourth-order valence-electron chi connectivity index (χ4n) is 1.59. The second-order valence-corrected chi connectivity index (χ2v) is 4.78. The van der Waals surface area contributed by atoms with Crippen molar-refractivity contribution in [1.29, 1.82) is 0 Å². The Morgan fingerprint density at radius 2 is 1.50 bits per heavy atom. The van der Waals surface area contributed by atoms with Crippen molar-refractivity contribution in [1.82, 2.24) is 0 Å². The largest absolute Gasteiger partial charge is 0.376 e. The van der Waals surface area contributed by atoms with Gasteiger partial charge in [-0.1, -0.05) is 23.2 Å². The maximum absolute atomic E-state index is 13.4.